The van der Waals surface area contributed by atoms with Crippen LogP contribution in [0, 0.1) is 0 Å². The lowest BCUT2D eigenvalue weighted by molar-refractivity contribution is -0.126. The molecule has 0 saturated heterocycles. The molecule has 0 aliphatic heterocycles. The molecule has 0 bridgehead atoms. The van der Waals surface area contributed by atoms with Gasteiger partial charge in [-0.3, -0.25) is 9.59 Å². The Balaban J connectivity index is 1.88. The Morgan fingerprint density at radius 1 is 1.21 bits per heavy atom. The van der Waals surface area contributed by atoms with Gasteiger partial charge in [0, 0.05) is 5.69 Å². The molecule has 0 unspecified atom stereocenters. The maximum absolute atomic E-state index is 11.9. The van der Waals surface area contributed by atoms with Crippen LogP contribution in [0.3, 0.4) is 0 Å². The fraction of sp³-hybridized carbons (Fsp3) is 0.211. The first kappa shape index (κ1) is 21.2. The fourth-order valence-electron chi connectivity index (χ4n) is 2.18. The molecule has 3 N–H and O–H groups in total. The van der Waals surface area contributed by atoms with Crippen LogP contribution in [0.1, 0.15) is 18.9 Å². The molecule has 0 aliphatic rings. The van der Waals surface area contributed by atoms with E-state index in [0.29, 0.717) is 33.8 Å². The van der Waals surface area contributed by atoms with Gasteiger partial charge in [0.05, 0.1) is 24.4 Å². The molecular formula is C19H20BrN3O5. The van der Waals surface area contributed by atoms with Crippen molar-refractivity contribution in [1.82, 2.24) is 5.43 Å². The minimum Gasteiger partial charge on any atom is -0.503 e. The molecule has 148 valence electrons. The number of anilines is 1. The van der Waals surface area contributed by atoms with Crippen LogP contribution in [0.2, 0.25) is 0 Å². The van der Waals surface area contributed by atoms with Gasteiger partial charge >= 0.3 is 0 Å². The second-order valence-electron chi connectivity index (χ2n) is 5.53. The Bertz CT molecular complexity index is 869. The van der Waals surface area contributed by atoms with E-state index in [2.05, 4.69) is 31.8 Å². The molecule has 0 radical (unpaired) electrons. The summed E-state index contributed by atoms with van der Waals surface area (Å²) in [5, 5.41) is 16.3. The molecule has 2 rings (SSSR count). The first-order chi connectivity index (χ1) is 13.4. The van der Waals surface area contributed by atoms with Crippen molar-refractivity contribution < 1.29 is 24.2 Å². The third-order valence-corrected chi connectivity index (χ3v) is 4.05. The number of nitrogens with one attached hydrogen (secondary N) is 2. The molecule has 28 heavy (non-hydrogen) atoms. The summed E-state index contributed by atoms with van der Waals surface area (Å²) in [6.45, 7) is 2.19. The highest BCUT2D eigenvalue weighted by Gasteiger charge is 2.10. The van der Waals surface area contributed by atoms with E-state index < -0.39 is 11.8 Å². The average molecular weight is 450 g/mol. The summed E-state index contributed by atoms with van der Waals surface area (Å²) in [6, 6.07) is 9.94. The molecule has 2 aromatic carbocycles. The molecule has 9 heteroatoms. The normalized spacial score (nSPS) is 10.5. The van der Waals surface area contributed by atoms with E-state index >= 15 is 0 Å². The number of hydrogen-bond acceptors (Lipinski definition) is 6. The van der Waals surface area contributed by atoms with E-state index in [1.807, 2.05) is 0 Å². The van der Waals surface area contributed by atoms with Gasteiger partial charge < -0.3 is 19.9 Å². The topological polar surface area (TPSA) is 109 Å². The number of phenolic OH excluding ortho intramolecular Hbond substituents is 1. The summed E-state index contributed by atoms with van der Waals surface area (Å²) in [6.07, 6.45) is 0.999. The van der Waals surface area contributed by atoms with Gasteiger partial charge in [-0.15, -0.1) is 0 Å². The Morgan fingerprint density at radius 2 is 1.93 bits per heavy atom. The highest BCUT2D eigenvalue weighted by Crippen LogP contribution is 2.35. The zero-order valence-electron chi connectivity index (χ0n) is 15.4. The number of rotatable bonds is 8. The van der Waals surface area contributed by atoms with Crippen LogP contribution in [0.25, 0.3) is 0 Å². The summed E-state index contributed by atoms with van der Waals surface area (Å²) < 4.78 is 10.8. The van der Waals surface area contributed by atoms with E-state index in [9.17, 15) is 14.7 Å². The number of phenols is 1. The predicted molar refractivity (Wildman–Crippen MR) is 109 cm³/mol. The van der Waals surface area contributed by atoms with Crippen LogP contribution in [-0.2, 0) is 9.59 Å². The van der Waals surface area contributed by atoms with Gasteiger partial charge in [-0.2, -0.15) is 5.10 Å². The lowest BCUT2D eigenvalue weighted by Gasteiger charge is -2.08. The van der Waals surface area contributed by atoms with Crippen molar-refractivity contribution in [2.24, 2.45) is 5.10 Å². The van der Waals surface area contributed by atoms with Gasteiger partial charge in [0.25, 0.3) is 0 Å². The van der Waals surface area contributed by atoms with E-state index in [1.54, 1.807) is 50.4 Å². The van der Waals surface area contributed by atoms with Crippen molar-refractivity contribution in [3.8, 4) is 17.2 Å². The Kier molecular flexibility index (Phi) is 7.82. The first-order valence-electron chi connectivity index (χ1n) is 8.34. The van der Waals surface area contributed by atoms with Crippen molar-refractivity contribution in [3.63, 3.8) is 0 Å². The molecule has 0 spiro atoms. The Hall–Kier alpha value is -3.07. The standard InChI is InChI=1S/C19H20BrN3O5/c1-3-28-16-9-12(8-15(20)19(16)26)11-21-23-18(25)10-17(24)22-13-4-6-14(27-2)7-5-13/h4-9,11,26H,3,10H2,1-2H3,(H,22,24)(H,23,25). The maximum Gasteiger partial charge on any atom is 0.249 e. The summed E-state index contributed by atoms with van der Waals surface area (Å²) in [4.78, 5) is 23.7. The smallest absolute Gasteiger partial charge is 0.249 e. The van der Waals surface area contributed by atoms with E-state index in [0.717, 1.165) is 0 Å². The monoisotopic (exact) mass is 449 g/mol. The van der Waals surface area contributed by atoms with Crippen molar-refractivity contribution in [3.05, 3.63) is 46.4 Å². The highest BCUT2D eigenvalue weighted by molar-refractivity contribution is 9.10. The van der Waals surface area contributed by atoms with E-state index in [1.165, 1.54) is 6.21 Å². The summed E-state index contributed by atoms with van der Waals surface area (Å²) in [5.74, 6) is -0.0887. The van der Waals surface area contributed by atoms with Crippen molar-refractivity contribution in [2.45, 2.75) is 13.3 Å². The predicted octanol–water partition coefficient (Wildman–Crippen LogP) is 3.04. The number of ether oxygens (including phenoxy) is 2. The molecule has 2 amide bonds. The highest BCUT2D eigenvalue weighted by atomic mass is 79.9. The van der Waals surface area contributed by atoms with Gasteiger partial charge in [0.1, 0.15) is 12.2 Å². The number of carbonyl (C=O) groups excluding carboxylic acids is 2. The number of benzene rings is 2. The molecule has 0 aliphatic carbocycles. The summed E-state index contributed by atoms with van der Waals surface area (Å²) in [5.41, 5.74) is 3.43. The van der Waals surface area contributed by atoms with Crippen molar-refractivity contribution in [1.29, 1.82) is 0 Å². The largest absolute Gasteiger partial charge is 0.503 e. The molecule has 0 saturated carbocycles. The lowest BCUT2D eigenvalue weighted by atomic mass is 10.2. The number of carbonyl (C=O) groups is 2. The Morgan fingerprint density at radius 3 is 2.57 bits per heavy atom. The van der Waals surface area contributed by atoms with Gasteiger partial charge in [-0.25, -0.2) is 5.43 Å². The van der Waals surface area contributed by atoms with Gasteiger partial charge in [-0.05, 0) is 64.8 Å². The summed E-state index contributed by atoms with van der Waals surface area (Å²) >= 11 is 3.22. The molecule has 8 nitrogen and oxygen atoms in total. The van der Waals surface area contributed by atoms with Crippen molar-refractivity contribution >= 4 is 39.6 Å². The fourth-order valence-corrected chi connectivity index (χ4v) is 2.64. The number of aromatic hydroxyl groups is 1. The number of hydrogen-bond donors (Lipinski definition) is 3. The minimum absolute atomic E-state index is 0.0155. The van der Waals surface area contributed by atoms with Gasteiger partial charge in [0.2, 0.25) is 11.8 Å². The maximum atomic E-state index is 11.9. The number of halogens is 1. The number of amides is 2. The molecule has 0 heterocycles. The zero-order valence-corrected chi connectivity index (χ0v) is 16.9. The molecule has 0 fully saturated rings. The van der Waals surface area contributed by atoms with Crippen LogP contribution in [0.5, 0.6) is 17.2 Å². The van der Waals surface area contributed by atoms with Gasteiger partial charge in [0.15, 0.2) is 11.5 Å². The van der Waals surface area contributed by atoms with Crippen LogP contribution in [0.15, 0.2) is 46.0 Å². The quantitative estimate of drug-likeness (QED) is 0.326. The zero-order chi connectivity index (χ0) is 20.5. The second kappa shape index (κ2) is 10.3. The number of nitrogens with zero attached hydrogens (tertiary/aromatic N) is 1. The SMILES string of the molecule is CCOc1cc(C=NNC(=O)CC(=O)Nc2ccc(OC)cc2)cc(Br)c1O. The summed E-state index contributed by atoms with van der Waals surface area (Å²) in [7, 11) is 1.55. The van der Waals surface area contributed by atoms with E-state index in [4.69, 9.17) is 9.47 Å². The molecule has 2 aromatic rings. The first-order valence-corrected chi connectivity index (χ1v) is 9.13. The molecule has 0 atom stereocenters. The molecule has 0 aromatic heterocycles. The molecular weight excluding hydrogens is 430 g/mol. The minimum atomic E-state index is -0.565. The second-order valence-corrected chi connectivity index (χ2v) is 6.38. The van der Waals surface area contributed by atoms with Crippen molar-refractivity contribution in [2.75, 3.05) is 19.0 Å². The third kappa shape index (κ3) is 6.27. The Labute approximate surface area is 170 Å². The average Bonchev–Trinajstić information content (AvgIpc) is 2.66. The number of methoxy groups -OCH3 is 1. The van der Waals surface area contributed by atoms with Gasteiger partial charge in [-0.1, -0.05) is 0 Å². The lowest BCUT2D eigenvalue weighted by Crippen LogP contribution is -2.24. The third-order valence-electron chi connectivity index (χ3n) is 3.45. The van der Waals surface area contributed by atoms with Crippen LogP contribution >= 0.6 is 15.9 Å². The van der Waals surface area contributed by atoms with E-state index in [-0.39, 0.29) is 12.2 Å². The van der Waals surface area contributed by atoms with Crippen LogP contribution in [-0.4, -0.2) is 36.9 Å². The number of hydrazone groups is 1. The van der Waals surface area contributed by atoms with Crippen LogP contribution in [0.4, 0.5) is 5.69 Å². The van der Waals surface area contributed by atoms with Crippen LogP contribution < -0.4 is 20.2 Å².